The van der Waals surface area contributed by atoms with Crippen LogP contribution >= 0.6 is 0 Å². The molecule has 0 amide bonds. The first-order valence-corrected chi connectivity index (χ1v) is 10.7. The number of rotatable bonds is 10. The molecule has 0 aliphatic carbocycles. The first kappa shape index (κ1) is 19.6. The van der Waals surface area contributed by atoms with E-state index in [4.69, 9.17) is 0 Å². The number of Topliss-reactive ketones (excluding diaryl/α,β-unsaturated/α-hetero) is 1. The van der Waals surface area contributed by atoms with E-state index in [2.05, 4.69) is 22.7 Å². The van der Waals surface area contributed by atoms with Gasteiger partial charge in [0.1, 0.15) is 5.78 Å². The summed E-state index contributed by atoms with van der Waals surface area (Å²) in [5.74, 6) is 0.745. The van der Waals surface area contributed by atoms with Crippen LogP contribution in [0, 0.1) is 0 Å². The minimum absolute atomic E-state index is 0.212. The van der Waals surface area contributed by atoms with Crippen molar-refractivity contribution < 1.29 is 13.2 Å². The zero-order chi connectivity index (χ0) is 18.3. The van der Waals surface area contributed by atoms with E-state index in [0.29, 0.717) is 25.2 Å². The van der Waals surface area contributed by atoms with Crippen LogP contribution in [-0.2, 0) is 21.1 Å². The summed E-state index contributed by atoms with van der Waals surface area (Å²) in [5.41, 5.74) is 5.18. The fourth-order valence-electron chi connectivity index (χ4n) is 2.79. The third-order valence-electron chi connectivity index (χ3n) is 4.57. The Morgan fingerprint density at radius 2 is 1.92 bits per heavy atom. The second-order valence-corrected chi connectivity index (χ2v) is 9.61. The molecule has 0 saturated carbocycles. The smallest absolute Gasteiger partial charge is 0.152 e. The van der Waals surface area contributed by atoms with Gasteiger partial charge in [0.2, 0.25) is 0 Å². The van der Waals surface area contributed by atoms with Crippen molar-refractivity contribution in [1.82, 2.24) is 5.43 Å². The van der Waals surface area contributed by atoms with Gasteiger partial charge in [-0.15, -0.1) is 0 Å². The van der Waals surface area contributed by atoms with E-state index < -0.39 is 9.84 Å². The molecule has 1 N–H and O–H groups in total. The highest BCUT2D eigenvalue weighted by atomic mass is 32.2. The van der Waals surface area contributed by atoms with Crippen molar-refractivity contribution in [2.45, 2.75) is 57.1 Å². The molecular weight excluding hydrogens is 336 g/mol. The highest BCUT2D eigenvalue weighted by Crippen LogP contribution is 2.17. The Morgan fingerprint density at radius 1 is 1.20 bits per heavy atom. The van der Waals surface area contributed by atoms with Gasteiger partial charge >= 0.3 is 0 Å². The molecule has 1 atom stereocenters. The Labute approximate surface area is 150 Å². The standard InChI is InChI=1S/C19H28N2O3S/c1-15(2)25(23,24)11-5-3-4-6-19(22)12-16-7-9-17(10-8-16)18-13-20-21-14-18/h7-10,13,15,18,21H,3-6,11-12,14H2,1-2H3. The summed E-state index contributed by atoms with van der Waals surface area (Å²) in [6, 6.07) is 8.13. The lowest BCUT2D eigenvalue weighted by atomic mass is 9.97. The summed E-state index contributed by atoms with van der Waals surface area (Å²) >= 11 is 0. The molecule has 138 valence electrons. The van der Waals surface area contributed by atoms with Crippen LogP contribution in [-0.4, -0.2) is 38.0 Å². The lowest BCUT2D eigenvalue weighted by Crippen LogP contribution is -2.17. The Kier molecular flexibility index (Phi) is 7.17. The van der Waals surface area contributed by atoms with Gasteiger partial charge in [-0.1, -0.05) is 30.7 Å². The van der Waals surface area contributed by atoms with Crippen LogP contribution in [0.4, 0.5) is 0 Å². The minimum atomic E-state index is -2.96. The topological polar surface area (TPSA) is 75.6 Å². The number of unbranched alkanes of at least 4 members (excludes halogenated alkanes) is 2. The van der Waals surface area contributed by atoms with Crippen LogP contribution in [0.25, 0.3) is 0 Å². The van der Waals surface area contributed by atoms with Crippen LogP contribution < -0.4 is 5.43 Å². The predicted molar refractivity (Wildman–Crippen MR) is 102 cm³/mol. The Hall–Kier alpha value is -1.69. The number of nitrogens with one attached hydrogen (secondary N) is 1. The van der Waals surface area contributed by atoms with E-state index in [1.807, 2.05) is 18.3 Å². The van der Waals surface area contributed by atoms with Crippen LogP contribution in [0.2, 0.25) is 0 Å². The van der Waals surface area contributed by atoms with Gasteiger partial charge in [0.25, 0.3) is 0 Å². The largest absolute Gasteiger partial charge is 0.309 e. The fourth-order valence-corrected chi connectivity index (χ4v) is 3.86. The lowest BCUT2D eigenvalue weighted by molar-refractivity contribution is -0.118. The van der Waals surface area contributed by atoms with E-state index in [1.54, 1.807) is 13.8 Å². The molecule has 1 aliphatic heterocycles. The molecule has 1 aromatic rings. The summed E-state index contributed by atoms with van der Waals surface area (Å²) in [5, 5.41) is 3.70. The number of ketones is 1. The van der Waals surface area contributed by atoms with Gasteiger partial charge in [-0.2, -0.15) is 5.10 Å². The van der Waals surface area contributed by atoms with Gasteiger partial charge in [-0.25, -0.2) is 8.42 Å². The van der Waals surface area contributed by atoms with Gasteiger partial charge in [0, 0.05) is 31.5 Å². The van der Waals surface area contributed by atoms with E-state index >= 15 is 0 Å². The third kappa shape index (κ3) is 6.27. The number of hydrogen-bond donors (Lipinski definition) is 1. The van der Waals surface area contributed by atoms with Crippen molar-refractivity contribution in [3.05, 3.63) is 35.4 Å². The van der Waals surface area contributed by atoms with Crippen LogP contribution in [0.5, 0.6) is 0 Å². The molecule has 1 unspecified atom stereocenters. The second-order valence-electron chi connectivity index (χ2n) is 6.93. The van der Waals surface area contributed by atoms with Crippen molar-refractivity contribution in [2.24, 2.45) is 5.10 Å². The van der Waals surface area contributed by atoms with E-state index in [9.17, 15) is 13.2 Å². The van der Waals surface area contributed by atoms with Crippen LogP contribution in [0.1, 0.15) is 56.6 Å². The molecule has 0 radical (unpaired) electrons. The number of carbonyl (C=O) groups is 1. The Balaban J connectivity index is 1.67. The molecule has 0 spiro atoms. The van der Waals surface area contributed by atoms with Crippen molar-refractivity contribution in [1.29, 1.82) is 0 Å². The second kappa shape index (κ2) is 9.13. The molecule has 25 heavy (non-hydrogen) atoms. The number of hydrazone groups is 1. The summed E-state index contributed by atoms with van der Waals surface area (Å²) in [6.45, 7) is 4.24. The molecule has 0 fully saturated rings. The number of benzene rings is 1. The summed E-state index contributed by atoms with van der Waals surface area (Å²) in [6.07, 6.45) is 5.04. The maximum Gasteiger partial charge on any atom is 0.152 e. The quantitative estimate of drug-likeness (QED) is 0.648. The molecule has 0 bridgehead atoms. The first-order chi connectivity index (χ1) is 11.9. The SMILES string of the molecule is CC(C)S(=O)(=O)CCCCCC(=O)Cc1ccc(C2C=NNC2)cc1. The first-order valence-electron chi connectivity index (χ1n) is 8.96. The highest BCUT2D eigenvalue weighted by molar-refractivity contribution is 7.91. The monoisotopic (exact) mass is 364 g/mol. The maximum atomic E-state index is 12.1. The fraction of sp³-hybridized carbons (Fsp3) is 0.579. The molecule has 0 saturated heterocycles. The number of nitrogens with zero attached hydrogens (tertiary/aromatic N) is 1. The maximum absolute atomic E-state index is 12.1. The molecule has 2 rings (SSSR count). The van der Waals surface area contributed by atoms with Crippen LogP contribution in [0.15, 0.2) is 29.4 Å². The van der Waals surface area contributed by atoms with E-state index in [-0.39, 0.29) is 16.8 Å². The molecule has 1 aromatic carbocycles. The minimum Gasteiger partial charge on any atom is -0.309 e. The Bertz CT molecular complexity index is 694. The van der Waals surface area contributed by atoms with Gasteiger partial charge in [-0.3, -0.25) is 4.79 Å². The van der Waals surface area contributed by atoms with Gasteiger partial charge in [-0.05, 0) is 37.8 Å². The van der Waals surface area contributed by atoms with Crippen molar-refractivity contribution in [3.8, 4) is 0 Å². The zero-order valence-electron chi connectivity index (χ0n) is 15.1. The van der Waals surface area contributed by atoms with E-state index in [1.165, 1.54) is 5.56 Å². The summed E-state index contributed by atoms with van der Waals surface area (Å²) in [4.78, 5) is 12.1. The van der Waals surface area contributed by atoms with Gasteiger partial charge in [0.05, 0.1) is 11.0 Å². The lowest BCUT2D eigenvalue weighted by Gasteiger charge is -2.08. The molecule has 6 heteroatoms. The van der Waals surface area contributed by atoms with Crippen LogP contribution in [0.3, 0.4) is 0 Å². The molecular formula is C19H28N2O3S. The average molecular weight is 365 g/mol. The molecule has 0 aromatic heterocycles. The zero-order valence-corrected chi connectivity index (χ0v) is 15.9. The predicted octanol–water partition coefficient (Wildman–Crippen LogP) is 2.85. The number of carbonyl (C=O) groups excluding carboxylic acids is 1. The summed E-state index contributed by atoms with van der Waals surface area (Å²) in [7, 11) is -2.96. The highest BCUT2D eigenvalue weighted by Gasteiger charge is 2.15. The Morgan fingerprint density at radius 3 is 2.52 bits per heavy atom. The van der Waals surface area contributed by atoms with Crippen molar-refractivity contribution in [2.75, 3.05) is 12.3 Å². The molecule has 1 aliphatic rings. The van der Waals surface area contributed by atoms with Crippen molar-refractivity contribution in [3.63, 3.8) is 0 Å². The van der Waals surface area contributed by atoms with Gasteiger partial charge in [0.15, 0.2) is 9.84 Å². The summed E-state index contributed by atoms with van der Waals surface area (Å²) < 4.78 is 23.4. The third-order valence-corrected chi connectivity index (χ3v) is 6.86. The normalized spacial score (nSPS) is 17.0. The van der Waals surface area contributed by atoms with Crippen molar-refractivity contribution >= 4 is 21.8 Å². The average Bonchev–Trinajstić information content (AvgIpc) is 3.09. The van der Waals surface area contributed by atoms with E-state index in [0.717, 1.165) is 24.9 Å². The molecule has 5 nitrogen and oxygen atoms in total. The molecule has 1 heterocycles. The van der Waals surface area contributed by atoms with Gasteiger partial charge < -0.3 is 5.43 Å². The number of hydrogen-bond acceptors (Lipinski definition) is 5. The number of sulfone groups is 1.